The Morgan fingerprint density at radius 2 is 1.76 bits per heavy atom. The van der Waals surface area contributed by atoms with Crippen LogP contribution in [0.5, 0.6) is 0 Å². The van der Waals surface area contributed by atoms with E-state index in [2.05, 4.69) is 96.4 Å². The molecule has 0 saturated heterocycles. The minimum absolute atomic E-state index is 0.346. The van der Waals surface area contributed by atoms with Crippen molar-refractivity contribution in [2.45, 2.75) is 46.6 Å². The number of hydrogen-bond donors (Lipinski definition) is 2. The first-order chi connectivity index (χ1) is 16.5. The third kappa shape index (κ3) is 5.37. The Hall–Kier alpha value is -3.02. The van der Waals surface area contributed by atoms with Crippen LogP contribution in [0.15, 0.2) is 54.7 Å². The van der Waals surface area contributed by atoms with Gasteiger partial charge in [-0.25, -0.2) is 4.98 Å². The molecule has 2 heterocycles. The van der Waals surface area contributed by atoms with Crippen molar-refractivity contribution >= 4 is 27.6 Å². The molecule has 4 aromatic rings. The molecule has 2 aromatic heterocycles. The lowest BCUT2D eigenvalue weighted by Crippen LogP contribution is -2.33. The second-order valence-corrected chi connectivity index (χ2v) is 9.16. The van der Waals surface area contributed by atoms with E-state index in [0.29, 0.717) is 11.9 Å². The lowest BCUT2D eigenvalue weighted by atomic mass is 9.97. The highest BCUT2D eigenvalue weighted by Crippen LogP contribution is 2.30. The van der Waals surface area contributed by atoms with Gasteiger partial charge in [0.1, 0.15) is 5.52 Å². The number of likely N-dealkylation sites (N-methyl/N-ethyl adjacent to an activating group) is 1. The van der Waals surface area contributed by atoms with Crippen molar-refractivity contribution in [2.24, 2.45) is 0 Å². The molecule has 1 atom stereocenters. The lowest BCUT2D eigenvalue weighted by molar-refractivity contribution is 0.298. The number of rotatable bonds is 10. The zero-order valence-electron chi connectivity index (χ0n) is 20.9. The Morgan fingerprint density at radius 1 is 1.00 bits per heavy atom. The number of aromatic nitrogens is 2. The van der Waals surface area contributed by atoms with E-state index in [1.807, 2.05) is 6.20 Å². The van der Waals surface area contributed by atoms with E-state index in [1.165, 1.54) is 22.3 Å². The molecular formula is C29H37N5. The summed E-state index contributed by atoms with van der Waals surface area (Å²) < 4.78 is 0. The van der Waals surface area contributed by atoms with E-state index in [9.17, 15) is 0 Å². The first-order valence-electron chi connectivity index (χ1n) is 12.5. The number of nitrogens with two attached hydrogens (primary N) is 1. The Bertz CT molecular complexity index is 1250. The second kappa shape index (κ2) is 10.9. The average molecular weight is 456 g/mol. The number of nitrogens with one attached hydrogen (secondary N) is 1. The van der Waals surface area contributed by atoms with Gasteiger partial charge in [0.25, 0.3) is 0 Å². The fraction of sp³-hybridized carbons (Fsp3) is 0.379. The molecule has 0 aliphatic heterocycles. The third-order valence-corrected chi connectivity index (χ3v) is 6.88. The van der Waals surface area contributed by atoms with E-state index in [1.54, 1.807) is 0 Å². The smallest absolute Gasteiger partial charge is 0.150 e. The van der Waals surface area contributed by atoms with Gasteiger partial charge >= 0.3 is 0 Å². The Balaban J connectivity index is 1.47. The van der Waals surface area contributed by atoms with Crippen LogP contribution in [0.4, 0.5) is 5.82 Å². The standard InChI is InChI=1S/C29H37N5/c1-5-34(6-2)18-17-31-21(4)23-11-8-22(9-12-23)10-13-24-15-16-32-28-27(24)25-14-7-20(3)19-26(25)33-29(28)30/h7-9,11-12,14-16,19,21,31H,5-6,10,13,17-18H2,1-4H3,(H2,30,33). The van der Waals surface area contributed by atoms with Crippen LogP contribution < -0.4 is 11.1 Å². The average Bonchev–Trinajstić information content (AvgIpc) is 2.85. The summed E-state index contributed by atoms with van der Waals surface area (Å²) in [5.74, 6) is 0.502. The molecule has 0 radical (unpaired) electrons. The van der Waals surface area contributed by atoms with Gasteiger partial charge in [-0.15, -0.1) is 0 Å². The molecule has 0 aliphatic carbocycles. The summed E-state index contributed by atoms with van der Waals surface area (Å²) in [6.07, 6.45) is 3.76. The van der Waals surface area contributed by atoms with Crippen LogP contribution in [0.3, 0.4) is 0 Å². The van der Waals surface area contributed by atoms with Crippen LogP contribution in [0.2, 0.25) is 0 Å². The minimum atomic E-state index is 0.346. The molecule has 0 amide bonds. The van der Waals surface area contributed by atoms with Crippen LogP contribution in [0.25, 0.3) is 21.8 Å². The predicted octanol–water partition coefficient (Wildman–Crippen LogP) is 5.45. The van der Waals surface area contributed by atoms with Crippen molar-refractivity contribution < 1.29 is 0 Å². The lowest BCUT2D eigenvalue weighted by Gasteiger charge is -2.20. The number of nitrogen functional groups attached to an aromatic ring is 1. The van der Waals surface area contributed by atoms with Crippen LogP contribution in [0.1, 0.15) is 49.1 Å². The molecule has 1 unspecified atom stereocenters. The van der Waals surface area contributed by atoms with Crippen LogP contribution in [-0.4, -0.2) is 41.0 Å². The molecule has 3 N–H and O–H groups in total. The third-order valence-electron chi connectivity index (χ3n) is 6.88. The van der Waals surface area contributed by atoms with E-state index in [0.717, 1.165) is 60.8 Å². The first kappa shape index (κ1) is 24.1. The Morgan fingerprint density at radius 3 is 2.50 bits per heavy atom. The van der Waals surface area contributed by atoms with Crippen molar-refractivity contribution in [3.8, 4) is 0 Å². The van der Waals surface area contributed by atoms with E-state index < -0.39 is 0 Å². The van der Waals surface area contributed by atoms with E-state index in [-0.39, 0.29) is 0 Å². The van der Waals surface area contributed by atoms with Crippen molar-refractivity contribution in [1.82, 2.24) is 20.2 Å². The molecule has 0 saturated carbocycles. The van der Waals surface area contributed by atoms with Crippen LogP contribution >= 0.6 is 0 Å². The van der Waals surface area contributed by atoms with Gasteiger partial charge in [-0.05, 0) is 74.2 Å². The van der Waals surface area contributed by atoms with Gasteiger partial charge in [0, 0.05) is 36.1 Å². The summed E-state index contributed by atoms with van der Waals surface area (Å²) in [4.78, 5) is 11.6. The molecule has 0 aliphatic rings. The number of aryl methyl sites for hydroxylation is 3. The largest absolute Gasteiger partial charge is 0.382 e. The minimum Gasteiger partial charge on any atom is -0.382 e. The highest BCUT2D eigenvalue weighted by Gasteiger charge is 2.12. The molecule has 0 spiro atoms. The van der Waals surface area contributed by atoms with Gasteiger partial charge < -0.3 is 16.0 Å². The quantitative estimate of drug-likeness (QED) is 0.311. The Labute approximate surface area is 203 Å². The molecule has 34 heavy (non-hydrogen) atoms. The van der Waals surface area contributed by atoms with Crippen LogP contribution in [0, 0.1) is 6.92 Å². The number of benzene rings is 2. The maximum Gasteiger partial charge on any atom is 0.150 e. The molecule has 0 bridgehead atoms. The summed E-state index contributed by atoms with van der Waals surface area (Å²) in [5, 5.41) is 5.91. The van der Waals surface area contributed by atoms with Gasteiger partial charge in [0.2, 0.25) is 0 Å². The number of fused-ring (bicyclic) bond motifs is 3. The second-order valence-electron chi connectivity index (χ2n) is 9.16. The van der Waals surface area contributed by atoms with Gasteiger partial charge in [-0.2, -0.15) is 0 Å². The van der Waals surface area contributed by atoms with Gasteiger partial charge in [-0.1, -0.05) is 50.2 Å². The van der Waals surface area contributed by atoms with Gasteiger partial charge in [-0.3, -0.25) is 4.98 Å². The maximum absolute atomic E-state index is 6.28. The molecule has 5 heteroatoms. The highest BCUT2D eigenvalue weighted by atomic mass is 15.1. The molecule has 178 valence electrons. The molecular weight excluding hydrogens is 418 g/mol. The van der Waals surface area contributed by atoms with Gasteiger partial charge in [0.15, 0.2) is 5.82 Å². The highest BCUT2D eigenvalue weighted by molar-refractivity contribution is 6.09. The van der Waals surface area contributed by atoms with Crippen LogP contribution in [-0.2, 0) is 12.8 Å². The Kier molecular flexibility index (Phi) is 7.76. The number of hydrogen-bond acceptors (Lipinski definition) is 5. The molecule has 0 fully saturated rings. The van der Waals surface area contributed by atoms with Crippen molar-refractivity contribution in [2.75, 3.05) is 31.9 Å². The SMILES string of the molecule is CCN(CC)CCNC(C)c1ccc(CCc2ccnc3c(N)nc4cc(C)ccc4c23)cc1. The fourth-order valence-corrected chi connectivity index (χ4v) is 4.68. The number of anilines is 1. The van der Waals surface area contributed by atoms with Crippen molar-refractivity contribution in [1.29, 1.82) is 0 Å². The number of pyridine rings is 2. The monoisotopic (exact) mass is 455 g/mol. The van der Waals surface area contributed by atoms with Gasteiger partial charge in [0.05, 0.1) is 5.52 Å². The summed E-state index contributed by atoms with van der Waals surface area (Å²) in [7, 11) is 0. The topological polar surface area (TPSA) is 67.1 Å². The van der Waals surface area contributed by atoms with E-state index >= 15 is 0 Å². The summed E-state index contributed by atoms with van der Waals surface area (Å²) in [5.41, 5.74) is 13.1. The summed E-state index contributed by atoms with van der Waals surface area (Å²) >= 11 is 0. The van der Waals surface area contributed by atoms with Crippen molar-refractivity contribution in [3.63, 3.8) is 0 Å². The van der Waals surface area contributed by atoms with Crippen molar-refractivity contribution in [3.05, 3.63) is 77.0 Å². The molecule has 5 nitrogen and oxygen atoms in total. The molecule has 2 aromatic carbocycles. The zero-order valence-corrected chi connectivity index (χ0v) is 20.9. The fourth-order valence-electron chi connectivity index (χ4n) is 4.68. The number of nitrogens with zero attached hydrogens (tertiary/aromatic N) is 3. The summed E-state index contributed by atoms with van der Waals surface area (Å²) in [6, 6.07) is 17.9. The normalized spacial score (nSPS) is 12.6. The zero-order chi connectivity index (χ0) is 24.1. The van der Waals surface area contributed by atoms with E-state index in [4.69, 9.17) is 5.73 Å². The maximum atomic E-state index is 6.28. The summed E-state index contributed by atoms with van der Waals surface area (Å²) in [6.45, 7) is 13.1. The molecule has 4 rings (SSSR count). The first-order valence-corrected chi connectivity index (χ1v) is 12.5. The predicted molar refractivity (Wildman–Crippen MR) is 144 cm³/mol.